The Labute approximate surface area is 170 Å². The van der Waals surface area contributed by atoms with E-state index in [4.69, 9.17) is 4.74 Å². The van der Waals surface area contributed by atoms with Crippen molar-refractivity contribution in [2.75, 3.05) is 0 Å². The minimum atomic E-state index is -1.05. The molecule has 10 heteroatoms. The number of aliphatic hydroxyl groups excluding tert-OH is 2. The van der Waals surface area contributed by atoms with Gasteiger partial charge in [-0.25, -0.2) is 9.97 Å². The molecule has 29 heavy (non-hydrogen) atoms. The molecule has 9 nitrogen and oxygen atoms in total. The molecule has 0 radical (unpaired) electrons. The lowest BCUT2D eigenvalue weighted by molar-refractivity contribution is -0.384. The van der Waals surface area contributed by atoms with Gasteiger partial charge in [0.2, 0.25) is 0 Å². The molecule has 0 unspecified atom stereocenters. The van der Waals surface area contributed by atoms with Crippen LogP contribution in [-0.2, 0) is 10.5 Å². The van der Waals surface area contributed by atoms with E-state index in [1.807, 2.05) is 13.1 Å². The lowest BCUT2D eigenvalue weighted by Gasteiger charge is -2.17. The Kier molecular flexibility index (Phi) is 5.26. The molecule has 1 aliphatic rings. The molecule has 4 rings (SSSR count). The SMILES string of the molecule is Cc1cn([C@@H]2O[C@H](C)[C@@H](O)[C@H]2O)c2ncnc(SCc3ccc([N+](=O)[O-])cc3)c12. The molecule has 152 valence electrons. The summed E-state index contributed by atoms with van der Waals surface area (Å²) in [6.07, 6.45) is 0.0805. The average molecular weight is 416 g/mol. The van der Waals surface area contributed by atoms with Crippen molar-refractivity contribution in [2.45, 2.75) is 49.2 Å². The number of thioether (sulfide) groups is 1. The average Bonchev–Trinajstić information content (AvgIpc) is 3.18. The molecule has 0 bridgehead atoms. The van der Waals surface area contributed by atoms with E-state index in [1.165, 1.54) is 30.2 Å². The number of ether oxygens (including phenoxy) is 1. The Bertz CT molecular complexity index is 1050. The topological polar surface area (TPSA) is 124 Å². The third-order valence-corrected chi connectivity index (χ3v) is 6.10. The predicted molar refractivity (Wildman–Crippen MR) is 107 cm³/mol. The molecule has 2 N–H and O–H groups in total. The van der Waals surface area contributed by atoms with Crippen molar-refractivity contribution in [3.05, 3.63) is 58.0 Å². The zero-order chi connectivity index (χ0) is 20.7. The molecule has 1 fully saturated rings. The first-order valence-corrected chi connectivity index (χ1v) is 10.0. The van der Waals surface area contributed by atoms with Crippen LogP contribution in [0.3, 0.4) is 0 Å². The number of nitro benzene ring substituents is 1. The molecule has 3 aromatic rings. The number of aromatic nitrogens is 3. The second-order valence-corrected chi connectivity index (χ2v) is 7.99. The summed E-state index contributed by atoms with van der Waals surface area (Å²) >= 11 is 1.50. The molecule has 1 aliphatic heterocycles. The zero-order valence-corrected chi connectivity index (χ0v) is 16.6. The molecule has 1 saturated heterocycles. The number of rotatable bonds is 5. The fraction of sp³-hybridized carbons (Fsp3) is 0.368. The number of aliphatic hydroxyl groups is 2. The maximum Gasteiger partial charge on any atom is 0.269 e. The fourth-order valence-electron chi connectivity index (χ4n) is 3.46. The Morgan fingerprint density at radius 2 is 1.97 bits per heavy atom. The van der Waals surface area contributed by atoms with Crippen LogP contribution in [0, 0.1) is 17.0 Å². The summed E-state index contributed by atoms with van der Waals surface area (Å²) in [6, 6.07) is 6.43. The van der Waals surface area contributed by atoms with Crippen molar-refractivity contribution in [1.82, 2.24) is 14.5 Å². The van der Waals surface area contributed by atoms with Gasteiger partial charge >= 0.3 is 0 Å². The molecular weight excluding hydrogens is 396 g/mol. The third-order valence-electron chi connectivity index (χ3n) is 5.04. The van der Waals surface area contributed by atoms with E-state index in [-0.39, 0.29) is 5.69 Å². The minimum absolute atomic E-state index is 0.0580. The molecule has 3 heterocycles. The lowest BCUT2D eigenvalue weighted by Crippen LogP contribution is -2.30. The lowest BCUT2D eigenvalue weighted by atomic mass is 10.1. The van der Waals surface area contributed by atoms with Crippen molar-refractivity contribution in [1.29, 1.82) is 0 Å². The molecule has 4 atom stereocenters. The van der Waals surface area contributed by atoms with Gasteiger partial charge in [0.25, 0.3) is 5.69 Å². The summed E-state index contributed by atoms with van der Waals surface area (Å²) in [4.78, 5) is 19.1. The van der Waals surface area contributed by atoms with Crippen LogP contribution in [0.1, 0.15) is 24.3 Å². The largest absolute Gasteiger partial charge is 0.388 e. The molecule has 0 spiro atoms. The van der Waals surface area contributed by atoms with Gasteiger partial charge in [0, 0.05) is 24.1 Å². The van der Waals surface area contributed by atoms with Gasteiger partial charge in [-0.3, -0.25) is 10.1 Å². The molecule has 0 saturated carbocycles. The van der Waals surface area contributed by atoms with Crippen molar-refractivity contribution in [2.24, 2.45) is 0 Å². The summed E-state index contributed by atoms with van der Waals surface area (Å²) < 4.78 is 7.47. The number of non-ortho nitro benzene ring substituents is 1. The summed E-state index contributed by atoms with van der Waals surface area (Å²) in [5.41, 5.74) is 2.55. The Morgan fingerprint density at radius 3 is 2.59 bits per heavy atom. The minimum Gasteiger partial charge on any atom is -0.388 e. The van der Waals surface area contributed by atoms with Crippen LogP contribution in [0.15, 0.2) is 41.8 Å². The standard InChI is InChI=1S/C19H20N4O5S/c1-10-7-22(19-16(25)15(24)11(2)28-19)17-14(10)18(21-9-20-17)29-8-12-3-5-13(6-4-12)23(26)27/h3-7,9,11,15-16,19,24-25H,8H2,1-2H3/t11-,15-,16-,19-/m1/s1. The first-order valence-electron chi connectivity index (χ1n) is 9.06. The van der Waals surface area contributed by atoms with Gasteiger partial charge in [-0.15, -0.1) is 11.8 Å². The van der Waals surface area contributed by atoms with Gasteiger partial charge < -0.3 is 19.5 Å². The quantitative estimate of drug-likeness (QED) is 0.281. The van der Waals surface area contributed by atoms with E-state index in [0.29, 0.717) is 11.4 Å². The normalized spacial score (nSPS) is 24.3. The number of nitrogens with zero attached hydrogens (tertiary/aromatic N) is 4. The van der Waals surface area contributed by atoms with Gasteiger partial charge in [-0.2, -0.15) is 0 Å². The van der Waals surface area contributed by atoms with Crippen LogP contribution < -0.4 is 0 Å². The summed E-state index contributed by atoms with van der Waals surface area (Å²) in [7, 11) is 0. The third kappa shape index (κ3) is 3.60. The number of nitro groups is 1. The fourth-order valence-corrected chi connectivity index (χ4v) is 4.48. The van der Waals surface area contributed by atoms with Gasteiger partial charge in [0.1, 0.15) is 29.2 Å². The van der Waals surface area contributed by atoms with Gasteiger partial charge in [-0.1, -0.05) is 12.1 Å². The van der Waals surface area contributed by atoms with Crippen LogP contribution in [0.25, 0.3) is 11.0 Å². The monoisotopic (exact) mass is 416 g/mol. The predicted octanol–water partition coefficient (Wildman–Crippen LogP) is 2.58. The van der Waals surface area contributed by atoms with Crippen molar-refractivity contribution in [3.63, 3.8) is 0 Å². The molecule has 0 aliphatic carbocycles. The van der Waals surface area contributed by atoms with E-state index in [2.05, 4.69) is 9.97 Å². The maximum atomic E-state index is 10.8. The smallest absolute Gasteiger partial charge is 0.269 e. The Hall–Kier alpha value is -2.53. The second kappa shape index (κ2) is 7.71. The Balaban J connectivity index is 1.61. The molecule has 0 amide bonds. The highest BCUT2D eigenvalue weighted by Gasteiger charge is 2.42. The number of benzene rings is 1. The van der Waals surface area contributed by atoms with Gasteiger partial charge in [0.05, 0.1) is 16.4 Å². The number of fused-ring (bicyclic) bond motifs is 1. The van der Waals surface area contributed by atoms with Gasteiger partial charge in [0.15, 0.2) is 6.23 Å². The molecule has 1 aromatic carbocycles. The van der Waals surface area contributed by atoms with Crippen LogP contribution in [0.5, 0.6) is 0 Å². The maximum absolute atomic E-state index is 10.8. The highest BCUT2D eigenvalue weighted by Crippen LogP contribution is 2.36. The van der Waals surface area contributed by atoms with E-state index >= 15 is 0 Å². The van der Waals surface area contributed by atoms with E-state index in [0.717, 1.165) is 21.5 Å². The van der Waals surface area contributed by atoms with Crippen LogP contribution in [0.2, 0.25) is 0 Å². The highest BCUT2D eigenvalue weighted by molar-refractivity contribution is 7.98. The number of hydrogen-bond acceptors (Lipinski definition) is 8. The van der Waals surface area contributed by atoms with E-state index in [1.54, 1.807) is 23.6 Å². The Morgan fingerprint density at radius 1 is 1.24 bits per heavy atom. The summed E-state index contributed by atoms with van der Waals surface area (Å²) in [6.45, 7) is 3.65. The van der Waals surface area contributed by atoms with Crippen molar-refractivity contribution < 1.29 is 19.9 Å². The summed E-state index contributed by atoms with van der Waals surface area (Å²) in [5.74, 6) is 0.590. The van der Waals surface area contributed by atoms with E-state index < -0.39 is 29.5 Å². The zero-order valence-electron chi connectivity index (χ0n) is 15.8. The first-order chi connectivity index (χ1) is 13.9. The van der Waals surface area contributed by atoms with Crippen LogP contribution in [-0.4, -0.2) is 48.0 Å². The van der Waals surface area contributed by atoms with Crippen LogP contribution in [0.4, 0.5) is 5.69 Å². The second-order valence-electron chi connectivity index (χ2n) is 7.02. The molecular formula is C19H20N4O5S. The molecule has 2 aromatic heterocycles. The van der Waals surface area contributed by atoms with E-state index in [9.17, 15) is 20.3 Å². The van der Waals surface area contributed by atoms with Gasteiger partial charge in [-0.05, 0) is 25.0 Å². The van der Waals surface area contributed by atoms with Crippen molar-refractivity contribution >= 4 is 28.5 Å². The number of aryl methyl sites for hydroxylation is 1. The highest BCUT2D eigenvalue weighted by atomic mass is 32.2. The van der Waals surface area contributed by atoms with Crippen molar-refractivity contribution in [3.8, 4) is 0 Å². The number of hydrogen-bond donors (Lipinski definition) is 2. The summed E-state index contributed by atoms with van der Waals surface area (Å²) in [5, 5.41) is 32.8. The van der Waals surface area contributed by atoms with Crippen LogP contribution >= 0.6 is 11.8 Å². The first kappa shape index (κ1) is 19.8.